The Balaban J connectivity index is 3.03. The fourth-order valence-corrected chi connectivity index (χ4v) is 2.58. The van der Waals surface area contributed by atoms with Gasteiger partial charge in [-0.2, -0.15) is 12.6 Å². The Morgan fingerprint density at radius 2 is 1.65 bits per heavy atom. The van der Waals surface area contributed by atoms with Gasteiger partial charge in [0.05, 0.1) is 19.4 Å². The van der Waals surface area contributed by atoms with E-state index in [-0.39, 0.29) is 12.2 Å². The van der Waals surface area contributed by atoms with E-state index < -0.39 is 66.8 Å². The number of H-pyrrole nitrogens is 1. The van der Waals surface area contributed by atoms with E-state index in [0.717, 1.165) is 0 Å². The number of rotatable bonds is 13. The largest absolute Gasteiger partial charge is 0.480 e. The number of carboxylic acid groups (broad SMARTS) is 1. The maximum Gasteiger partial charge on any atom is 0.327 e. The van der Waals surface area contributed by atoms with E-state index in [1.54, 1.807) is 0 Å². The molecule has 0 spiro atoms. The minimum Gasteiger partial charge on any atom is -0.480 e. The molecule has 0 fully saturated rings. The van der Waals surface area contributed by atoms with Crippen LogP contribution in [0.2, 0.25) is 0 Å². The number of aromatic amines is 1. The zero-order valence-corrected chi connectivity index (χ0v) is 17.2. The normalized spacial score (nSPS) is 14.5. The SMILES string of the molecule is NC(=O)CC(NC(=O)C(N)CO)C(=O)NC(Cc1cnc[nH]1)C(=O)NC(CS)C(=O)O. The minimum atomic E-state index is -1.49. The van der Waals surface area contributed by atoms with E-state index in [0.29, 0.717) is 5.69 Å². The lowest BCUT2D eigenvalue weighted by atomic mass is 10.1. The third kappa shape index (κ3) is 8.61. The van der Waals surface area contributed by atoms with Gasteiger partial charge < -0.3 is 42.6 Å². The number of nitrogens with zero attached hydrogens (tertiary/aromatic N) is 1. The summed E-state index contributed by atoms with van der Waals surface area (Å²) in [7, 11) is 0. The molecule has 0 radical (unpaired) electrons. The highest BCUT2D eigenvalue weighted by molar-refractivity contribution is 7.80. The summed E-state index contributed by atoms with van der Waals surface area (Å²) in [6, 6.07) is -5.45. The van der Waals surface area contributed by atoms with Crippen LogP contribution in [0.3, 0.4) is 0 Å². The number of aliphatic hydroxyl groups excluding tert-OH is 1. The fraction of sp³-hybridized carbons (Fsp3) is 0.500. The van der Waals surface area contributed by atoms with Gasteiger partial charge in [-0.05, 0) is 0 Å². The summed E-state index contributed by atoms with van der Waals surface area (Å²) in [5.41, 5.74) is 10.9. The second kappa shape index (κ2) is 12.5. The van der Waals surface area contributed by atoms with Gasteiger partial charge in [-0.3, -0.25) is 19.2 Å². The van der Waals surface area contributed by atoms with Crippen LogP contribution in [0.4, 0.5) is 0 Å². The smallest absolute Gasteiger partial charge is 0.327 e. The zero-order chi connectivity index (χ0) is 23.6. The predicted molar refractivity (Wildman–Crippen MR) is 108 cm³/mol. The van der Waals surface area contributed by atoms with E-state index in [1.807, 2.05) is 0 Å². The van der Waals surface area contributed by atoms with Crippen LogP contribution in [-0.4, -0.2) is 86.3 Å². The lowest BCUT2D eigenvalue weighted by Crippen LogP contribution is -2.58. The van der Waals surface area contributed by atoms with E-state index in [1.165, 1.54) is 12.5 Å². The van der Waals surface area contributed by atoms with Crippen LogP contribution in [0.1, 0.15) is 12.1 Å². The van der Waals surface area contributed by atoms with Crippen molar-refractivity contribution in [1.29, 1.82) is 0 Å². The average molecular weight is 459 g/mol. The molecule has 0 saturated carbocycles. The highest BCUT2D eigenvalue weighted by Gasteiger charge is 2.31. The van der Waals surface area contributed by atoms with Crippen molar-refractivity contribution in [2.45, 2.75) is 37.0 Å². The van der Waals surface area contributed by atoms with Crippen LogP contribution in [0.15, 0.2) is 12.5 Å². The van der Waals surface area contributed by atoms with Gasteiger partial charge in [0.1, 0.15) is 24.2 Å². The van der Waals surface area contributed by atoms with Crippen LogP contribution in [0.25, 0.3) is 0 Å². The number of aliphatic hydroxyl groups is 1. The topological polar surface area (TPSA) is 243 Å². The number of aromatic nitrogens is 2. The molecule has 1 rings (SSSR count). The Labute approximate surface area is 181 Å². The quantitative estimate of drug-likeness (QED) is 0.129. The standard InChI is InChI=1S/C16H25N7O7S/c17-8(4-24)13(26)21-10(2-12(18)25)15(28)22-9(1-7-3-19-6-20-7)14(27)23-11(5-31)16(29)30/h3,6,8-11,24,31H,1-2,4-5,17H2,(H2,18,25)(H,19,20)(H,21,26)(H,22,28)(H,23,27)(H,29,30). The molecular weight excluding hydrogens is 434 g/mol. The molecule has 0 aliphatic heterocycles. The number of amides is 4. The molecular formula is C16H25N7O7S. The van der Waals surface area contributed by atoms with Crippen molar-refractivity contribution >= 4 is 42.2 Å². The maximum absolute atomic E-state index is 12.7. The van der Waals surface area contributed by atoms with Crippen molar-refractivity contribution in [3.05, 3.63) is 18.2 Å². The first-order valence-electron chi connectivity index (χ1n) is 8.95. The third-order valence-electron chi connectivity index (χ3n) is 3.98. The van der Waals surface area contributed by atoms with Crippen molar-refractivity contribution in [1.82, 2.24) is 25.9 Å². The second-order valence-electron chi connectivity index (χ2n) is 6.44. The number of hydrogen-bond donors (Lipinski definition) is 9. The molecule has 0 bridgehead atoms. The number of hydrogen-bond acceptors (Lipinski definition) is 9. The summed E-state index contributed by atoms with van der Waals surface area (Å²) in [6.07, 6.45) is 2.02. The molecule has 31 heavy (non-hydrogen) atoms. The number of aliphatic carboxylic acids is 1. The molecule has 1 aromatic heterocycles. The molecule has 15 heteroatoms. The number of nitrogens with two attached hydrogens (primary N) is 2. The summed E-state index contributed by atoms with van der Waals surface area (Å²) < 4.78 is 0. The summed E-state index contributed by atoms with van der Waals surface area (Å²) in [6.45, 7) is -0.706. The molecule has 1 aromatic rings. The number of primary amides is 1. The number of carbonyl (C=O) groups excluding carboxylic acids is 4. The summed E-state index contributed by atoms with van der Waals surface area (Å²) in [5.74, 6) is -5.17. The predicted octanol–water partition coefficient (Wildman–Crippen LogP) is -4.38. The molecule has 0 saturated heterocycles. The van der Waals surface area contributed by atoms with E-state index in [2.05, 4.69) is 38.5 Å². The number of imidazole rings is 1. The molecule has 172 valence electrons. The Kier molecular flexibility index (Phi) is 10.4. The molecule has 4 atom stereocenters. The molecule has 0 aliphatic carbocycles. The van der Waals surface area contributed by atoms with Crippen molar-refractivity contribution in [2.75, 3.05) is 12.4 Å². The Bertz CT molecular complexity index is 789. The van der Waals surface area contributed by atoms with Gasteiger partial charge in [0, 0.05) is 24.1 Å². The number of carbonyl (C=O) groups is 5. The van der Waals surface area contributed by atoms with E-state index in [9.17, 15) is 24.0 Å². The Hall–Kier alpha value is -3.17. The summed E-state index contributed by atoms with van der Waals surface area (Å²) in [4.78, 5) is 66.2. The molecule has 10 N–H and O–H groups in total. The molecule has 0 aromatic carbocycles. The second-order valence-corrected chi connectivity index (χ2v) is 6.81. The van der Waals surface area contributed by atoms with Crippen LogP contribution in [-0.2, 0) is 30.4 Å². The van der Waals surface area contributed by atoms with Crippen molar-refractivity contribution in [3.8, 4) is 0 Å². The Morgan fingerprint density at radius 1 is 1.06 bits per heavy atom. The highest BCUT2D eigenvalue weighted by atomic mass is 32.1. The number of carboxylic acids is 1. The van der Waals surface area contributed by atoms with Gasteiger partial charge in [-0.25, -0.2) is 9.78 Å². The first-order valence-corrected chi connectivity index (χ1v) is 9.59. The van der Waals surface area contributed by atoms with Gasteiger partial charge in [-0.15, -0.1) is 0 Å². The monoisotopic (exact) mass is 459 g/mol. The van der Waals surface area contributed by atoms with Gasteiger partial charge in [-0.1, -0.05) is 0 Å². The van der Waals surface area contributed by atoms with Gasteiger partial charge in [0.15, 0.2) is 0 Å². The minimum absolute atomic E-state index is 0.107. The van der Waals surface area contributed by atoms with Gasteiger partial charge in [0.2, 0.25) is 23.6 Å². The molecule has 4 amide bonds. The average Bonchev–Trinajstić information content (AvgIpc) is 3.22. The number of nitrogens with one attached hydrogen (secondary N) is 4. The lowest BCUT2D eigenvalue weighted by molar-refractivity contribution is -0.141. The summed E-state index contributed by atoms with van der Waals surface area (Å²) >= 11 is 3.86. The molecule has 14 nitrogen and oxygen atoms in total. The van der Waals surface area contributed by atoms with Gasteiger partial charge in [0.25, 0.3) is 0 Å². The lowest BCUT2D eigenvalue weighted by Gasteiger charge is -2.24. The van der Waals surface area contributed by atoms with Crippen LogP contribution < -0.4 is 27.4 Å². The van der Waals surface area contributed by atoms with Crippen LogP contribution in [0, 0.1) is 0 Å². The van der Waals surface area contributed by atoms with E-state index in [4.69, 9.17) is 21.7 Å². The van der Waals surface area contributed by atoms with Crippen molar-refractivity contribution in [3.63, 3.8) is 0 Å². The van der Waals surface area contributed by atoms with Crippen molar-refractivity contribution in [2.24, 2.45) is 11.5 Å². The van der Waals surface area contributed by atoms with Crippen LogP contribution >= 0.6 is 12.6 Å². The Morgan fingerprint density at radius 3 is 2.13 bits per heavy atom. The molecule has 4 unspecified atom stereocenters. The third-order valence-corrected chi connectivity index (χ3v) is 4.35. The maximum atomic E-state index is 12.7. The number of thiol groups is 1. The van der Waals surface area contributed by atoms with Crippen molar-refractivity contribution < 1.29 is 34.2 Å². The van der Waals surface area contributed by atoms with Gasteiger partial charge >= 0.3 is 5.97 Å². The molecule has 0 aliphatic rings. The van der Waals surface area contributed by atoms with E-state index >= 15 is 0 Å². The first kappa shape index (κ1) is 25.9. The fourth-order valence-electron chi connectivity index (χ4n) is 2.33. The van der Waals surface area contributed by atoms with Crippen LogP contribution in [0.5, 0.6) is 0 Å². The first-order chi connectivity index (χ1) is 14.6. The summed E-state index contributed by atoms with van der Waals surface area (Å²) in [5, 5.41) is 24.8. The highest BCUT2D eigenvalue weighted by Crippen LogP contribution is 2.03. The zero-order valence-electron chi connectivity index (χ0n) is 16.3. The molecule has 1 heterocycles.